The predicted octanol–water partition coefficient (Wildman–Crippen LogP) is 0.914. The van der Waals surface area contributed by atoms with Crippen LogP contribution in [0.1, 0.15) is 33.1 Å². The summed E-state index contributed by atoms with van der Waals surface area (Å²) in [4.78, 5) is 0. The lowest BCUT2D eigenvalue weighted by atomic mass is 9.92. The quantitative estimate of drug-likeness (QED) is 0.694. The highest BCUT2D eigenvalue weighted by Gasteiger charge is 2.34. The Morgan fingerprint density at radius 3 is 2.64 bits per heavy atom. The molecule has 3 unspecified atom stereocenters. The monoisotopic (exact) mass is 199 g/mol. The van der Waals surface area contributed by atoms with E-state index in [0.717, 1.165) is 0 Å². The molecule has 14 heavy (non-hydrogen) atoms. The highest BCUT2D eigenvalue weighted by molar-refractivity contribution is 4.91. The van der Waals surface area contributed by atoms with E-state index in [4.69, 9.17) is 4.74 Å². The summed E-state index contributed by atoms with van der Waals surface area (Å²) in [6, 6.07) is 0.736. The molecule has 2 fully saturated rings. The van der Waals surface area contributed by atoms with Crippen LogP contribution in [-0.4, -0.2) is 36.5 Å². The van der Waals surface area contributed by atoms with Crippen molar-refractivity contribution in [3.8, 4) is 0 Å². The highest BCUT2D eigenvalue weighted by Crippen LogP contribution is 2.37. The highest BCUT2D eigenvalue weighted by atomic mass is 16.5. The van der Waals surface area contributed by atoms with Crippen LogP contribution < -0.4 is 5.32 Å². The molecule has 3 nitrogen and oxygen atoms in total. The third-order valence-corrected chi connectivity index (χ3v) is 3.47. The summed E-state index contributed by atoms with van der Waals surface area (Å²) in [5.74, 6) is 0. The minimum absolute atomic E-state index is 0.161. The Morgan fingerprint density at radius 2 is 2.14 bits per heavy atom. The first-order valence-corrected chi connectivity index (χ1v) is 5.59. The molecule has 1 saturated heterocycles. The third-order valence-electron chi connectivity index (χ3n) is 3.47. The summed E-state index contributed by atoms with van der Waals surface area (Å²) in [5.41, 5.74) is 0.474. The van der Waals surface area contributed by atoms with E-state index in [2.05, 4.69) is 19.2 Å². The Kier molecular flexibility index (Phi) is 2.82. The van der Waals surface area contributed by atoms with E-state index in [1.165, 1.54) is 19.3 Å². The molecule has 0 aromatic carbocycles. The maximum Gasteiger partial charge on any atom is 0.0948 e. The van der Waals surface area contributed by atoms with Crippen molar-refractivity contribution in [2.45, 2.75) is 51.3 Å². The van der Waals surface area contributed by atoms with Gasteiger partial charge in [-0.2, -0.15) is 0 Å². The lowest BCUT2D eigenvalue weighted by molar-refractivity contribution is 0.121. The standard InChI is InChI=1S/C11H21NO2/c1-11(2)4-3-8(5-11)12-9-6-14-7-10(9)13/h8-10,12-13H,3-7H2,1-2H3. The van der Waals surface area contributed by atoms with Gasteiger partial charge in [-0.25, -0.2) is 0 Å². The van der Waals surface area contributed by atoms with Crippen molar-refractivity contribution in [1.82, 2.24) is 5.32 Å². The number of hydrogen-bond donors (Lipinski definition) is 2. The van der Waals surface area contributed by atoms with Crippen LogP contribution in [0.5, 0.6) is 0 Å². The number of hydrogen-bond acceptors (Lipinski definition) is 3. The van der Waals surface area contributed by atoms with E-state index in [-0.39, 0.29) is 12.1 Å². The Labute approximate surface area is 85.8 Å². The molecule has 1 aliphatic carbocycles. The van der Waals surface area contributed by atoms with Crippen LogP contribution >= 0.6 is 0 Å². The number of rotatable bonds is 2. The summed E-state index contributed by atoms with van der Waals surface area (Å²) in [6.45, 7) is 5.79. The van der Waals surface area contributed by atoms with Gasteiger partial charge in [0.25, 0.3) is 0 Å². The van der Waals surface area contributed by atoms with E-state index in [0.29, 0.717) is 24.7 Å². The zero-order chi connectivity index (χ0) is 10.2. The molecule has 2 aliphatic rings. The molecule has 1 heterocycles. The molecule has 2 rings (SSSR count). The van der Waals surface area contributed by atoms with Crippen molar-refractivity contribution < 1.29 is 9.84 Å². The van der Waals surface area contributed by atoms with Gasteiger partial charge < -0.3 is 15.2 Å². The average molecular weight is 199 g/mol. The van der Waals surface area contributed by atoms with E-state index in [1.54, 1.807) is 0 Å². The van der Waals surface area contributed by atoms with Gasteiger partial charge in [0, 0.05) is 6.04 Å². The molecule has 82 valence electrons. The molecule has 0 aromatic rings. The van der Waals surface area contributed by atoms with Crippen LogP contribution in [0.25, 0.3) is 0 Å². The zero-order valence-corrected chi connectivity index (χ0v) is 9.12. The summed E-state index contributed by atoms with van der Waals surface area (Å²) in [5, 5.41) is 13.1. The molecular formula is C11H21NO2. The van der Waals surface area contributed by atoms with Gasteiger partial charge in [0.2, 0.25) is 0 Å². The lowest BCUT2D eigenvalue weighted by Gasteiger charge is -2.22. The van der Waals surface area contributed by atoms with E-state index in [9.17, 15) is 5.11 Å². The molecular weight excluding hydrogens is 178 g/mol. The van der Waals surface area contributed by atoms with Crippen LogP contribution in [0.2, 0.25) is 0 Å². The van der Waals surface area contributed by atoms with Gasteiger partial charge >= 0.3 is 0 Å². The Hall–Kier alpha value is -0.120. The van der Waals surface area contributed by atoms with Crippen molar-refractivity contribution in [1.29, 1.82) is 0 Å². The summed E-state index contributed by atoms with van der Waals surface area (Å²) in [6.07, 6.45) is 3.43. The topological polar surface area (TPSA) is 41.5 Å². The molecule has 0 spiro atoms. The minimum atomic E-state index is -0.307. The fraction of sp³-hybridized carbons (Fsp3) is 1.00. The van der Waals surface area contributed by atoms with Crippen molar-refractivity contribution in [3.05, 3.63) is 0 Å². The van der Waals surface area contributed by atoms with E-state index < -0.39 is 0 Å². The third kappa shape index (κ3) is 2.27. The minimum Gasteiger partial charge on any atom is -0.389 e. The first-order chi connectivity index (χ1) is 6.57. The number of aliphatic hydroxyl groups is 1. The van der Waals surface area contributed by atoms with E-state index in [1.807, 2.05) is 0 Å². The smallest absolute Gasteiger partial charge is 0.0948 e. The Morgan fingerprint density at radius 1 is 1.36 bits per heavy atom. The van der Waals surface area contributed by atoms with Crippen LogP contribution in [0.15, 0.2) is 0 Å². The maximum absolute atomic E-state index is 9.59. The SMILES string of the molecule is CC1(C)CCC(NC2COCC2O)C1. The van der Waals surface area contributed by atoms with Crippen molar-refractivity contribution in [2.75, 3.05) is 13.2 Å². The summed E-state index contributed by atoms with van der Waals surface area (Å²) in [7, 11) is 0. The van der Waals surface area contributed by atoms with Crippen molar-refractivity contribution in [3.63, 3.8) is 0 Å². The van der Waals surface area contributed by atoms with Gasteiger partial charge in [-0.1, -0.05) is 13.8 Å². The molecule has 0 radical (unpaired) electrons. The summed E-state index contributed by atoms with van der Waals surface area (Å²) >= 11 is 0. The van der Waals surface area contributed by atoms with Crippen LogP contribution in [0.3, 0.4) is 0 Å². The largest absolute Gasteiger partial charge is 0.389 e. The second-order valence-electron chi connectivity index (χ2n) is 5.48. The Bertz CT molecular complexity index is 205. The Balaban J connectivity index is 1.81. The molecule has 1 saturated carbocycles. The number of ether oxygens (including phenoxy) is 1. The second-order valence-corrected chi connectivity index (χ2v) is 5.48. The molecule has 0 aromatic heterocycles. The molecule has 0 bridgehead atoms. The molecule has 1 aliphatic heterocycles. The van der Waals surface area contributed by atoms with Gasteiger partial charge in [-0.3, -0.25) is 0 Å². The van der Waals surface area contributed by atoms with E-state index >= 15 is 0 Å². The summed E-state index contributed by atoms with van der Waals surface area (Å²) < 4.78 is 5.22. The number of nitrogens with one attached hydrogen (secondary N) is 1. The maximum atomic E-state index is 9.59. The number of aliphatic hydroxyl groups excluding tert-OH is 1. The first kappa shape index (κ1) is 10.4. The zero-order valence-electron chi connectivity index (χ0n) is 9.12. The van der Waals surface area contributed by atoms with Gasteiger partial charge in [0.05, 0.1) is 25.4 Å². The molecule has 0 amide bonds. The van der Waals surface area contributed by atoms with Gasteiger partial charge in [-0.15, -0.1) is 0 Å². The van der Waals surface area contributed by atoms with Crippen molar-refractivity contribution in [2.24, 2.45) is 5.41 Å². The van der Waals surface area contributed by atoms with Crippen LogP contribution in [-0.2, 0) is 4.74 Å². The lowest BCUT2D eigenvalue weighted by Crippen LogP contribution is -2.44. The van der Waals surface area contributed by atoms with Gasteiger partial charge in [0.1, 0.15) is 0 Å². The fourth-order valence-electron chi connectivity index (χ4n) is 2.58. The van der Waals surface area contributed by atoms with Crippen LogP contribution in [0.4, 0.5) is 0 Å². The van der Waals surface area contributed by atoms with Crippen LogP contribution in [0, 0.1) is 5.41 Å². The fourth-order valence-corrected chi connectivity index (χ4v) is 2.58. The second kappa shape index (κ2) is 3.80. The normalized spacial score (nSPS) is 41.8. The van der Waals surface area contributed by atoms with Gasteiger partial charge in [0.15, 0.2) is 0 Å². The van der Waals surface area contributed by atoms with Gasteiger partial charge in [-0.05, 0) is 24.7 Å². The molecule has 3 heteroatoms. The first-order valence-electron chi connectivity index (χ1n) is 5.59. The molecule has 2 N–H and O–H groups in total. The average Bonchev–Trinajstić information content (AvgIpc) is 2.61. The predicted molar refractivity (Wildman–Crippen MR) is 55.2 cm³/mol. The van der Waals surface area contributed by atoms with Crippen molar-refractivity contribution >= 4 is 0 Å². The molecule has 3 atom stereocenters.